The van der Waals surface area contributed by atoms with Gasteiger partial charge in [-0.05, 0) is 56.2 Å². The summed E-state index contributed by atoms with van der Waals surface area (Å²) in [6.07, 6.45) is 1.04. The van der Waals surface area contributed by atoms with Gasteiger partial charge in [-0.2, -0.15) is 0 Å². The SMILES string of the molecule is CCCOC(=O)c1ccc(NC(=O)CCCC(=O)OCC(=O)Nc2cccc(C(C)=O)c2)cc1. The highest BCUT2D eigenvalue weighted by atomic mass is 16.5. The highest BCUT2D eigenvalue weighted by molar-refractivity contribution is 5.97. The monoisotopic (exact) mass is 468 g/mol. The van der Waals surface area contributed by atoms with Crippen LogP contribution in [0.3, 0.4) is 0 Å². The van der Waals surface area contributed by atoms with E-state index in [4.69, 9.17) is 9.47 Å². The number of rotatable bonds is 12. The van der Waals surface area contributed by atoms with E-state index >= 15 is 0 Å². The van der Waals surface area contributed by atoms with Gasteiger partial charge in [0, 0.05) is 29.8 Å². The molecule has 2 N–H and O–H groups in total. The number of hydrogen-bond acceptors (Lipinski definition) is 7. The molecule has 0 aliphatic carbocycles. The lowest BCUT2D eigenvalue weighted by Crippen LogP contribution is -2.21. The van der Waals surface area contributed by atoms with Gasteiger partial charge < -0.3 is 20.1 Å². The molecule has 0 bridgehead atoms. The lowest BCUT2D eigenvalue weighted by molar-refractivity contribution is -0.147. The summed E-state index contributed by atoms with van der Waals surface area (Å²) in [7, 11) is 0. The number of nitrogens with one attached hydrogen (secondary N) is 2. The van der Waals surface area contributed by atoms with Gasteiger partial charge in [-0.15, -0.1) is 0 Å². The number of Topliss-reactive ketones (excluding diaryl/α,β-unsaturated/α-hetero) is 1. The molecule has 2 aromatic rings. The van der Waals surface area contributed by atoms with Crippen LogP contribution < -0.4 is 10.6 Å². The molecular weight excluding hydrogens is 440 g/mol. The third-order valence-electron chi connectivity index (χ3n) is 4.54. The van der Waals surface area contributed by atoms with E-state index < -0.39 is 24.5 Å². The van der Waals surface area contributed by atoms with Gasteiger partial charge in [0.05, 0.1) is 12.2 Å². The van der Waals surface area contributed by atoms with Crippen LogP contribution in [-0.2, 0) is 23.9 Å². The van der Waals surface area contributed by atoms with Gasteiger partial charge in [0.25, 0.3) is 5.91 Å². The Kier molecular flexibility index (Phi) is 10.4. The zero-order valence-electron chi connectivity index (χ0n) is 19.2. The molecule has 2 amide bonds. The Bertz CT molecular complexity index is 1030. The zero-order valence-corrected chi connectivity index (χ0v) is 19.2. The van der Waals surface area contributed by atoms with Crippen LogP contribution in [0.5, 0.6) is 0 Å². The maximum atomic E-state index is 12.1. The molecule has 9 nitrogen and oxygen atoms in total. The molecule has 0 heterocycles. The van der Waals surface area contributed by atoms with E-state index in [2.05, 4.69) is 10.6 Å². The minimum atomic E-state index is -0.601. The molecule has 0 fully saturated rings. The van der Waals surface area contributed by atoms with E-state index in [0.29, 0.717) is 29.1 Å². The molecule has 0 spiro atoms. The second-order valence-corrected chi connectivity index (χ2v) is 7.46. The summed E-state index contributed by atoms with van der Waals surface area (Å²) < 4.78 is 9.97. The number of esters is 2. The van der Waals surface area contributed by atoms with E-state index in [1.165, 1.54) is 13.0 Å². The van der Waals surface area contributed by atoms with Crippen molar-refractivity contribution in [1.82, 2.24) is 0 Å². The molecule has 9 heteroatoms. The number of benzene rings is 2. The van der Waals surface area contributed by atoms with Gasteiger partial charge in [-0.25, -0.2) is 4.79 Å². The van der Waals surface area contributed by atoms with Crippen LogP contribution in [0.15, 0.2) is 48.5 Å². The first-order valence-corrected chi connectivity index (χ1v) is 10.9. The Morgan fingerprint density at radius 2 is 1.50 bits per heavy atom. The van der Waals surface area contributed by atoms with Crippen molar-refractivity contribution in [2.75, 3.05) is 23.8 Å². The van der Waals surface area contributed by atoms with Crippen LogP contribution in [0.4, 0.5) is 11.4 Å². The summed E-state index contributed by atoms with van der Waals surface area (Å²) in [6, 6.07) is 12.7. The summed E-state index contributed by atoms with van der Waals surface area (Å²) in [4.78, 5) is 59.0. The van der Waals surface area contributed by atoms with Gasteiger partial charge in [-0.3, -0.25) is 19.2 Å². The predicted octanol–water partition coefficient (Wildman–Crippen LogP) is 3.75. The van der Waals surface area contributed by atoms with E-state index in [1.807, 2.05) is 6.92 Å². The summed E-state index contributed by atoms with van der Waals surface area (Å²) >= 11 is 0. The Morgan fingerprint density at radius 1 is 0.794 bits per heavy atom. The molecule has 0 radical (unpaired) electrons. The second kappa shape index (κ2) is 13.5. The number of carbonyl (C=O) groups excluding carboxylic acids is 5. The number of amides is 2. The van der Waals surface area contributed by atoms with Crippen molar-refractivity contribution in [1.29, 1.82) is 0 Å². The van der Waals surface area contributed by atoms with E-state index in [1.54, 1.807) is 42.5 Å². The molecule has 2 rings (SSSR count). The molecule has 0 unspecified atom stereocenters. The molecule has 0 saturated carbocycles. The topological polar surface area (TPSA) is 128 Å². The average molecular weight is 469 g/mol. The molecule has 180 valence electrons. The van der Waals surface area contributed by atoms with Crippen molar-refractivity contribution in [2.45, 2.75) is 39.5 Å². The smallest absolute Gasteiger partial charge is 0.338 e. The van der Waals surface area contributed by atoms with E-state index in [0.717, 1.165) is 6.42 Å². The number of ether oxygens (including phenoxy) is 2. The summed E-state index contributed by atoms with van der Waals surface area (Å²) in [6.45, 7) is 3.20. The van der Waals surface area contributed by atoms with E-state index in [9.17, 15) is 24.0 Å². The first kappa shape index (κ1) is 26.2. The number of hydrogen-bond donors (Lipinski definition) is 2. The fourth-order valence-corrected chi connectivity index (χ4v) is 2.82. The first-order valence-electron chi connectivity index (χ1n) is 10.9. The Hall–Kier alpha value is -4.01. The zero-order chi connectivity index (χ0) is 24.9. The molecule has 34 heavy (non-hydrogen) atoms. The minimum absolute atomic E-state index is 0.0251. The molecule has 0 aromatic heterocycles. The molecule has 2 aromatic carbocycles. The van der Waals surface area contributed by atoms with Gasteiger partial charge >= 0.3 is 11.9 Å². The predicted molar refractivity (Wildman–Crippen MR) is 126 cm³/mol. The minimum Gasteiger partial charge on any atom is -0.462 e. The number of carbonyl (C=O) groups is 5. The summed E-state index contributed by atoms with van der Waals surface area (Å²) in [5.41, 5.74) is 1.80. The highest BCUT2D eigenvalue weighted by Crippen LogP contribution is 2.13. The van der Waals surface area contributed by atoms with Crippen molar-refractivity contribution in [2.24, 2.45) is 0 Å². The third-order valence-corrected chi connectivity index (χ3v) is 4.54. The fraction of sp³-hybridized carbons (Fsp3) is 0.320. The second-order valence-electron chi connectivity index (χ2n) is 7.46. The molecule has 0 atom stereocenters. The molecule has 0 saturated heterocycles. The van der Waals surface area contributed by atoms with Gasteiger partial charge in [0.2, 0.25) is 5.91 Å². The van der Waals surface area contributed by atoms with Crippen molar-refractivity contribution in [3.63, 3.8) is 0 Å². The van der Waals surface area contributed by atoms with Crippen molar-refractivity contribution in [3.8, 4) is 0 Å². The first-order chi connectivity index (χ1) is 16.3. The third kappa shape index (κ3) is 9.23. The van der Waals surface area contributed by atoms with Crippen LogP contribution >= 0.6 is 0 Å². The Balaban J connectivity index is 1.66. The van der Waals surface area contributed by atoms with Crippen molar-refractivity contribution >= 4 is 40.9 Å². The van der Waals surface area contributed by atoms with Crippen LogP contribution in [-0.4, -0.2) is 42.7 Å². The van der Waals surface area contributed by atoms with Gasteiger partial charge in [0.15, 0.2) is 12.4 Å². The highest BCUT2D eigenvalue weighted by Gasteiger charge is 2.11. The lowest BCUT2D eigenvalue weighted by atomic mass is 10.1. The average Bonchev–Trinajstić information content (AvgIpc) is 2.81. The van der Waals surface area contributed by atoms with Gasteiger partial charge in [0.1, 0.15) is 0 Å². The molecular formula is C25H28N2O7. The Labute approximate surface area is 197 Å². The maximum absolute atomic E-state index is 12.1. The standard InChI is InChI=1S/C25H28N2O7/c1-3-14-33-25(32)18-10-12-20(13-11-18)26-22(29)8-5-9-24(31)34-16-23(30)27-21-7-4-6-19(15-21)17(2)28/h4,6-7,10-13,15H,3,5,8-9,14,16H2,1-2H3,(H,26,29)(H,27,30). The van der Waals surface area contributed by atoms with Gasteiger partial charge in [-0.1, -0.05) is 19.1 Å². The van der Waals surface area contributed by atoms with Crippen LogP contribution in [0.2, 0.25) is 0 Å². The van der Waals surface area contributed by atoms with Crippen molar-refractivity contribution in [3.05, 3.63) is 59.7 Å². The number of ketones is 1. The fourth-order valence-electron chi connectivity index (χ4n) is 2.82. The number of anilines is 2. The van der Waals surface area contributed by atoms with Crippen LogP contribution in [0.25, 0.3) is 0 Å². The molecule has 0 aliphatic heterocycles. The largest absolute Gasteiger partial charge is 0.462 e. The van der Waals surface area contributed by atoms with Crippen LogP contribution in [0, 0.1) is 0 Å². The normalized spacial score (nSPS) is 10.2. The van der Waals surface area contributed by atoms with Crippen molar-refractivity contribution < 1.29 is 33.4 Å². The lowest BCUT2D eigenvalue weighted by Gasteiger charge is -2.08. The quantitative estimate of drug-likeness (QED) is 0.359. The molecule has 0 aliphatic rings. The maximum Gasteiger partial charge on any atom is 0.338 e. The summed E-state index contributed by atoms with van der Waals surface area (Å²) in [5, 5.41) is 5.24. The Morgan fingerprint density at radius 3 is 2.18 bits per heavy atom. The summed E-state index contributed by atoms with van der Waals surface area (Å²) in [5.74, 6) is -1.98. The van der Waals surface area contributed by atoms with Crippen LogP contribution in [0.1, 0.15) is 60.2 Å². The van der Waals surface area contributed by atoms with E-state index in [-0.39, 0.29) is 31.0 Å².